The minimum atomic E-state index is -1.19. The first-order valence-electron chi connectivity index (χ1n) is 4.69. The summed E-state index contributed by atoms with van der Waals surface area (Å²) in [5.74, 6) is 0. The summed E-state index contributed by atoms with van der Waals surface area (Å²) in [6, 6.07) is 0. The lowest BCUT2D eigenvalue weighted by atomic mass is 9.81. The molecule has 0 spiro atoms. The number of nitrogens with zero attached hydrogens (tertiary/aromatic N) is 1. The third-order valence-corrected chi connectivity index (χ3v) is 3.58. The Morgan fingerprint density at radius 3 is 2.46 bits per heavy atom. The van der Waals surface area contributed by atoms with E-state index in [4.69, 9.17) is 4.74 Å². The van der Waals surface area contributed by atoms with Gasteiger partial charge in [-0.05, 0) is 27.7 Å². The van der Waals surface area contributed by atoms with Crippen LogP contribution in [0.15, 0.2) is 0 Å². The Morgan fingerprint density at radius 2 is 1.92 bits per heavy atom. The molecule has 13 heavy (non-hydrogen) atoms. The maximum Gasteiger partial charge on any atom is 0.152 e. The Kier molecular flexibility index (Phi) is 1.51. The summed E-state index contributed by atoms with van der Waals surface area (Å²) in [5.41, 5.74) is -1.41. The molecule has 1 N–H and O–H groups in total. The maximum atomic E-state index is 12.1. The quantitative estimate of drug-likeness (QED) is 0.354. The van der Waals surface area contributed by atoms with Crippen molar-refractivity contribution < 1.29 is 14.8 Å². The van der Waals surface area contributed by atoms with E-state index in [0.717, 1.165) is 0 Å². The van der Waals surface area contributed by atoms with Crippen molar-refractivity contribution in [2.75, 3.05) is 0 Å². The molecule has 2 aliphatic heterocycles. The predicted octanol–water partition coefficient (Wildman–Crippen LogP) is 1.42. The van der Waals surface area contributed by atoms with Gasteiger partial charge < -0.3 is 9.94 Å². The molecule has 4 heteroatoms. The van der Waals surface area contributed by atoms with Crippen molar-refractivity contribution >= 4 is 0 Å². The molecule has 3 atom stereocenters. The van der Waals surface area contributed by atoms with Crippen LogP contribution in [-0.2, 0) is 4.74 Å². The number of fused-ring (bicyclic) bond motifs is 1. The van der Waals surface area contributed by atoms with Crippen molar-refractivity contribution in [3.8, 4) is 0 Å². The average Bonchev–Trinajstić information content (AvgIpc) is 2.64. The van der Waals surface area contributed by atoms with Gasteiger partial charge in [0.1, 0.15) is 11.6 Å². The van der Waals surface area contributed by atoms with Crippen LogP contribution in [0.25, 0.3) is 0 Å². The summed E-state index contributed by atoms with van der Waals surface area (Å²) in [6.07, 6.45) is 0.751. The zero-order chi connectivity index (χ0) is 10.1. The first kappa shape index (κ1) is 9.40. The van der Waals surface area contributed by atoms with Crippen LogP contribution < -0.4 is 0 Å². The Labute approximate surface area is 78.2 Å². The molecule has 2 fully saturated rings. The fourth-order valence-electron chi connectivity index (χ4n) is 2.49. The van der Waals surface area contributed by atoms with Gasteiger partial charge in [0.25, 0.3) is 0 Å². The van der Waals surface area contributed by atoms with E-state index in [2.05, 4.69) is 0 Å². The van der Waals surface area contributed by atoms with Gasteiger partial charge in [-0.1, -0.05) is 0 Å². The van der Waals surface area contributed by atoms with Crippen LogP contribution in [-0.4, -0.2) is 33.3 Å². The molecule has 0 aromatic carbocycles. The highest BCUT2D eigenvalue weighted by Gasteiger charge is 2.68. The molecular formula is C9H17NO3. The highest BCUT2D eigenvalue weighted by atomic mass is 16.9. The van der Waals surface area contributed by atoms with Crippen molar-refractivity contribution in [1.29, 1.82) is 0 Å². The second-order valence-electron chi connectivity index (χ2n) is 5.34. The van der Waals surface area contributed by atoms with Crippen LogP contribution in [0.1, 0.15) is 34.1 Å². The topological polar surface area (TPSA) is 55.8 Å². The van der Waals surface area contributed by atoms with E-state index in [0.29, 0.717) is 6.42 Å². The molecule has 0 radical (unpaired) electrons. The van der Waals surface area contributed by atoms with Gasteiger partial charge in [-0.3, -0.25) is 0 Å². The zero-order valence-corrected chi connectivity index (χ0v) is 8.57. The second-order valence-corrected chi connectivity index (χ2v) is 5.34. The van der Waals surface area contributed by atoms with Gasteiger partial charge in [0.2, 0.25) is 0 Å². The molecule has 0 aromatic heterocycles. The van der Waals surface area contributed by atoms with E-state index in [9.17, 15) is 10.4 Å². The average molecular weight is 187 g/mol. The Morgan fingerprint density at radius 1 is 1.38 bits per heavy atom. The zero-order valence-electron chi connectivity index (χ0n) is 8.57. The minimum absolute atomic E-state index is 0.0666. The molecular weight excluding hydrogens is 170 g/mol. The molecule has 4 nitrogen and oxygen atoms in total. The van der Waals surface area contributed by atoms with Crippen molar-refractivity contribution in [2.24, 2.45) is 0 Å². The third-order valence-electron chi connectivity index (χ3n) is 3.58. The standard InChI is InChI=1S/C9H17NO3/c1-8(2)5-6-7(13-6)9(3,4)10(8,11)12/h6-7,11H,5H2,1-4H3. The van der Waals surface area contributed by atoms with Crippen LogP contribution in [0.4, 0.5) is 0 Å². The van der Waals surface area contributed by atoms with Gasteiger partial charge in [0.05, 0.1) is 6.10 Å². The van der Waals surface area contributed by atoms with E-state index in [1.54, 1.807) is 27.7 Å². The van der Waals surface area contributed by atoms with E-state index in [-0.39, 0.29) is 12.2 Å². The Balaban J connectivity index is 2.39. The second kappa shape index (κ2) is 2.08. The molecule has 2 saturated heterocycles. The molecule has 0 aromatic rings. The van der Waals surface area contributed by atoms with Crippen LogP contribution in [0.3, 0.4) is 0 Å². The Hall–Kier alpha value is -0.160. The lowest BCUT2D eigenvalue weighted by Gasteiger charge is -2.57. The van der Waals surface area contributed by atoms with Gasteiger partial charge in [-0.2, -0.15) is 0 Å². The van der Waals surface area contributed by atoms with Crippen LogP contribution in [0, 0.1) is 5.21 Å². The number of piperidine rings is 1. The molecule has 0 bridgehead atoms. The number of hydrogen-bond donors (Lipinski definition) is 1. The van der Waals surface area contributed by atoms with E-state index in [1.165, 1.54) is 0 Å². The lowest BCUT2D eigenvalue weighted by Crippen LogP contribution is -2.71. The van der Waals surface area contributed by atoms with Crippen molar-refractivity contribution in [1.82, 2.24) is 0 Å². The van der Waals surface area contributed by atoms with Gasteiger partial charge in [0.15, 0.2) is 5.54 Å². The SMILES string of the molecule is CC1(C)CC2OC2C(C)(C)[N+]1([O-])O. The number of hydrogen-bond acceptors (Lipinski definition) is 3. The predicted molar refractivity (Wildman–Crippen MR) is 46.8 cm³/mol. The first-order chi connectivity index (χ1) is 5.70. The van der Waals surface area contributed by atoms with Gasteiger partial charge in [-0.25, -0.2) is 10.0 Å². The number of rotatable bonds is 0. The summed E-state index contributed by atoms with van der Waals surface area (Å²) in [6.45, 7) is 7.12. The third kappa shape index (κ3) is 0.944. The number of ether oxygens (including phenoxy) is 1. The van der Waals surface area contributed by atoms with Gasteiger partial charge in [0, 0.05) is 6.42 Å². The van der Waals surface area contributed by atoms with Crippen molar-refractivity contribution in [3.05, 3.63) is 5.21 Å². The smallest absolute Gasteiger partial charge is 0.152 e. The van der Waals surface area contributed by atoms with Gasteiger partial charge >= 0.3 is 0 Å². The molecule has 3 unspecified atom stereocenters. The Bertz CT molecular complexity index is 247. The van der Waals surface area contributed by atoms with Crippen molar-refractivity contribution in [2.45, 2.75) is 57.4 Å². The van der Waals surface area contributed by atoms with Crippen LogP contribution in [0.5, 0.6) is 0 Å². The minimum Gasteiger partial charge on any atom is -0.598 e. The molecule has 0 aliphatic carbocycles. The molecule has 2 heterocycles. The summed E-state index contributed by atoms with van der Waals surface area (Å²) in [7, 11) is 0. The van der Waals surface area contributed by atoms with Crippen LogP contribution >= 0.6 is 0 Å². The first-order valence-corrected chi connectivity index (χ1v) is 4.69. The van der Waals surface area contributed by atoms with Crippen LogP contribution in [0.2, 0.25) is 0 Å². The molecule has 2 aliphatic rings. The summed E-state index contributed by atoms with van der Waals surface area (Å²) in [4.78, 5) is -1.19. The largest absolute Gasteiger partial charge is 0.598 e. The van der Waals surface area contributed by atoms with E-state index < -0.39 is 15.9 Å². The van der Waals surface area contributed by atoms with E-state index >= 15 is 0 Å². The maximum absolute atomic E-state index is 12.1. The highest BCUT2D eigenvalue weighted by molar-refractivity contribution is 5.05. The number of quaternary nitrogens is 1. The molecule has 0 saturated carbocycles. The monoisotopic (exact) mass is 187 g/mol. The number of hydroxylamine groups is 4. The summed E-state index contributed by atoms with van der Waals surface area (Å²) in [5, 5.41) is 22.0. The molecule has 2 rings (SSSR count). The normalized spacial score (nSPS) is 51.2. The van der Waals surface area contributed by atoms with Gasteiger partial charge in [-0.15, -0.1) is 0 Å². The van der Waals surface area contributed by atoms with Crippen molar-refractivity contribution in [3.63, 3.8) is 0 Å². The highest BCUT2D eigenvalue weighted by Crippen LogP contribution is 2.52. The molecule has 76 valence electrons. The number of epoxide rings is 1. The fraction of sp³-hybridized carbons (Fsp3) is 1.00. The van der Waals surface area contributed by atoms with E-state index in [1.807, 2.05) is 0 Å². The summed E-state index contributed by atoms with van der Waals surface area (Å²) < 4.78 is 5.39. The summed E-state index contributed by atoms with van der Waals surface area (Å²) >= 11 is 0. The molecule has 0 amide bonds. The fourth-order valence-corrected chi connectivity index (χ4v) is 2.49. The lowest BCUT2D eigenvalue weighted by molar-refractivity contribution is -1.14.